The van der Waals surface area contributed by atoms with E-state index in [1.165, 1.54) is 36.7 Å². The average molecular weight is 576 g/mol. The number of rotatable bonds is 9. The zero-order valence-electron chi connectivity index (χ0n) is 22.1. The predicted octanol–water partition coefficient (Wildman–Crippen LogP) is 8.23. The fourth-order valence-corrected chi connectivity index (χ4v) is 5.92. The lowest BCUT2D eigenvalue weighted by Crippen LogP contribution is -2.26. The van der Waals surface area contributed by atoms with Crippen LogP contribution in [-0.2, 0) is 6.61 Å². The van der Waals surface area contributed by atoms with Crippen LogP contribution >= 0.6 is 11.3 Å². The summed E-state index contributed by atoms with van der Waals surface area (Å²) in [6.45, 7) is 0.870. The van der Waals surface area contributed by atoms with Crippen molar-refractivity contribution in [1.82, 2.24) is 9.97 Å². The minimum Gasteiger partial charge on any atom is -0.489 e. The first-order valence-corrected chi connectivity index (χ1v) is 14.3. The quantitative estimate of drug-likeness (QED) is 0.189. The van der Waals surface area contributed by atoms with Crippen LogP contribution in [0, 0.1) is 17.6 Å². The second-order valence-electron chi connectivity index (χ2n) is 10.2. The van der Waals surface area contributed by atoms with E-state index in [0.717, 1.165) is 42.3 Å². The van der Waals surface area contributed by atoms with Gasteiger partial charge in [0.05, 0.1) is 5.56 Å². The molecule has 0 bridgehead atoms. The maximum Gasteiger partial charge on any atom is 0.335 e. The van der Waals surface area contributed by atoms with Crippen molar-refractivity contribution in [2.24, 2.45) is 5.92 Å². The molecule has 0 spiro atoms. The van der Waals surface area contributed by atoms with Crippen LogP contribution in [0.2, 0.25) is 0 Å². The number of carbonyl (C=O) groups is 1. The summed E-state index contributed by atoms with van der Waals surface area (Å²) in [5.41, 5.74) is 3.39. The number of thiazole rings is 1. The number of oxazole rings is 1. The number of ether oxygens (including phenoxy) is 1. The number of carboxylic acids is 1. The summed E-state index contributed by atoms with van der Waals surface area (Å²) < 4.78 is 38.5. The summed E-state index contributed by atoms with van der Waals surface area (Å²) in [7, 11) is 0. The van der Waals surface area contributed by atoms with Crippen molar-refractivity contribution >= 4 is 39.2 Å². The van der Waals surface area contributed by atoms with Gasteiger partial charge in [-0.15, -0.1) is 11.3 Å². The molecule has 5 aromatic rings. The molecular formula is C31H27F2N3O4S. The number of aromatic carboxylic acids is 1. The molecule has 0 atom stereocenters. The second kappa shape index (κ2) is 11.7. The van der Waals surface area contributed by atoms with E-state index in [9.17, 15) is 18.7 Å². The molecule has 0 aliphatic heterocycles. The van der Waals surface area contributed by atoms with Gasteiger partial charge in [-0.25, -0.2) is 23.5 Å². The second-order valence-corrected chi connectivity index (χ2v) is 11.0. The van der Waals surface area contributed by atoms with E-state index in [1.54, 1.807) is 30.3 Å². The van der Waals surface area contributed by atoms with Crippen molar-refractivity contribution in [2.45, 2.75) is 38.7 Å². The lowest BCUT2D eigenvalue weighted by Gasteiger charge is -2.29. The van der Waals surface area contributed by atoms with Gasteiger partial charge in [0.2, 0.25) is 5.89 Å². The molecule has 2 aromatic heterocycles. The predicted molar refractivity (Wildman–Crippen MR) is 153 cm³/mol. The van der Waals surface area contributed by atoms with Crippen LogP contribution in [0.1, 0.15) is 48.0 Å². The van der Waals surface area contributed by atoms with Crippen molar-refractivity contribution in [3.05, 3.63) is 88.8 Å². The Kier molecular flexibility index (Phi) is 7.65. The summed E-state index contributed by atoms with van der Waals surface area (Å²) in [5.74, 6) is -1.36. The molecular weight excluding hydrogens is 548 g/mol. The van der Waals surface area contributed by atoms with E-state index in [4.69, 9.17) is 14.1 Å². The highest BCUT2D eigenvalue weighted by molar-refractivity contribution is 7.14. The van der Waals surface area contributed by atoms with Gasteiger partial charge in [-0.3, -0.25) is 0 Å². The summed E-state index contributed by atoms with van der Waals surface area (Å²) in [4.78, 5) is 23.0. The summed E-state index contributed by atoms with van der Waals surface area (Å²) in [5, 5.41) is 12.0. The van der Waals surface area contributed by atoms with Gasteiger partial charge < -0.3 is 19.2 Å². The number of hydrogen-bond acceptors (Lipinski definition) is 7. The Morgan fingerprint density at radius 3 is 2.56 bits per heavy atom. The maximum atomic E-state index is 13.5. The van der Waals surface area contributed by atoms with Gasteiger partial charge in [-0.2, -0.15) is 0 Å². The first-order valence-electron chi connectivity index (χ1n) is 13.5. The topological polar surface area (TPSA) is 88.7 Å². The van der Waals surface area contributed by atoms with Crippen LogP contribution in [0.3, 0.4) is 0 Å². The number of aromatic nitrogens is 2. The van der Waals surface area contributed by atoms with Crippen molar-refractivity contribution in [3.63, 3.8) is 0 Å². The number of carboxylic acid groups (broad SMARTS) is 1. The number of fused-ring (bicyclic) bond motifs is 1. The van der Waals surface area contributed by atoms with E-state index in [0.29, 0.717) is 39.9 Å². The Balaban J connectivity index is 1.23. The Morgan fingerprint density at radius 1 is 1.00 bits per heavy atom. The number of anilines is 2. The molecule has 41 heavy (non-hydrogen) atoms. The van der Waals surface area contributed by atoms with Crippen LogP contribution < -0.4 is 9.64 Å². The molecule has 1 fully saturated rings. The molecule has 1 N–H and O–H groups in total. The third-order valence-corrected chi connectivity index (χ3v) is 8.15. The summed E-state index contributed by atoms with van der Waals surface area (Å²) >= 11 is 1.48. The monoisotopic (exact) mass is 575 g/mol. The minimum absolute atomic E-state index is 0.0728. The van der Waals surface area contributed by atoms with Crippen LogP contribution in [0.25, 0.3) is 22.7 Å². The van der Waals surface area contributed by atoms with E-state index in [2.05, 4.69) is 9.88 Å². The van der Waals surface area contributed by atoms with Crippen molar-refractivity contribution < 1.29 is 27.8 Å². The first kappa shape index (κ1) is 26.9. The standard InChI is InChI=1S/C31H27F2N3O4S/c32-24-12-6-20(14-25(24)33)17-39-23-11-13-26-28(15-23)40-29(34-26)27-18-41-31(35-27)36(16-19-4-2-1-3-5-19)22-9-7-21(8-10-22)30(37)38/h6-15,18-19H,1-5,16-17H2,(H,37,38). The largest absolute Gasteiger partial charge is 0.489 e. The number of nitrogens with zero attached hydrogens (tertiary/aromatic N) is 3. The molecule has 1 aliphatic rings. The van der Waals surface area contributed by atoms with Crippen molar-refractivity contribution in [2.75, 3.05) is 11.4 Å². The number of benzene rings is 3. The van der Waals surface area contributed by atoms with Gasteiger partial charge in [0.15, 0.2) is 22.3 Å². The Labute approximate surface area is 239 Å². The van der Waals surface area contributed by atoms with E-state index in [1.807, 2.05) is 17.5 Å². The highest BCUT2D eigenvalue weighted by atomic mass is 32.1. The van der Waals surface area contributed by atoms with Crippen LogP contribution in [-0.4, -0.2) is 27.6 Å². The normalized spacial score (nSPS) is 13.9. The molecule has 7 nitrogen and oxygen atoms in total. The summed E-state index contributed by atoms with van der Waals surface area (Å²) in [6, 6.07) is 15.8. The Hall–Kier alpha value is -4.31. The average Bonchev–Trinajstić information content (AvgIpc) is 3.64. The number of hydrogen-bond donors (Lipinski definition) is 1. The molecule has 0 radical (unpaired) electrons. The maximum absolute atomic E-state index is 13.5. The number of halogens is 2. The zero-order chi connectivity index (χ0) is 28.3. The molecule has 0 amide bonds. The highest BCUT2D eigenvalue weighted by Crippen LogP contribution is 2.36. The molecule has 2 heterocycles. The smallest absolute Gasteiger partial charge is 0.335 e. The van der Waals surface area contributed by atoms with Gasteiger partial charge in [0, 0.05) is 23.7 Å². The lowest BCUT2D eigenvalue weighted by molar-refractivity contribution is 0.0697. The fourth-order valence-electron chi connectivity index (χ4n) is 5.09. The van der Waals surface area contributed by atoms with Gasteiger partial charge in [0.1, 0.15) is 23.6 Å². The highest BCUT2D eigenvalue weighted by Gasteiger charge is 2.23. The summed E-state index contributed by atoms with van der Waals surface area (Å²) in [6.07, 6.45) is 6.02. The minimum atomic E-state index is -0.958. The molecule has 1 aliphatic carbocycles. The third kappa shape index (κ3) is 6.07. The van der Waals surface area contributed by atoms with Crippen LogP contribution in [0.15, 0.2) is 70.5 Å². The van der Waals surface area contributed by atoms with E-state index < -0.39 is 17.6 Å². The molecule has 1 saturated carbocycles. The van der Waals surface area contributed by atoms with Crippen LogP contribution in [0.4, 0.5) is 19.6 Å². The van der Waals surface area contributed by atoms with Gasteiger partial charge in [-0.1, -0.05) is 25.3 Å². The SMILES string of the molecule is O=C(O)c1ccc(N(CC2CCCCC2)c2nc(-c3nc4ccc(OCc5ccc(F)c(F)c5)cc4o3)cs2)cc1. The molecule has 0 unspecified atom stereocenters. The zero-order valence-corrected chi connectivity index (χ0v) is 22.9. The molecule has 3 aromatic carbocycles. The Bertz CT molecular complexity index is 1680. The molecule has 10 heteroatoms. The molecule has 0 saturated heterocycles. The third-order valence-electron chi connectivity index (χ3n) is 7.28. The molecule has 210 valence electrons. The van der Waals surface area contributed by atoms with Gasteiger partial charge in [-0.05, 0) is 72.9 Å². The van der Waals surface area contributed by atoms with Gasteiger partial charge >= 0.3 is 5.97 Å². The van der Waals surface area contributed by atoms with E-state index >= 15 is 0 Å². The van der Waals surface area contributed by atoms with E-state index in [-0.39, 0.29) is 12.2 Å². The Morgan fingerprint density at radius 2 is 1.80 bits per heavy atom. The van der Waals surface area contributed by atoms with Crippen LogP contribution in [0.5, 0.6) is 5.75 Å². The lowest BCUT2D eigenvalue weighted by atomic mass is 9.89. The van der Waals surface area contributed by atoms with Gasteiger partial charge in [0.25, 0.3) is 0 Å². The fraction of sp³-hybridized carbons (Fsp3) is 0.258. The first-order chi connectivity index (χ1) is 19.9. The molecule has 6 rings (SSSR count). The van der Waals surface area contributed by atoms with Crippen molar-refractivity contribution in [1.29, 1.82) is 0 Å². The van der Waals surface area contributed by atoms with Crippen molar-refractivity contribution in [3.8, 4) is 17.3 Å².